The van der Waals surface area contributed by atoms with Crippen molar-refractivity contribution < 1.29 is 14.3 Å². The number of allylic oxidation sites excluding steroid dienone is 1. The molecule has 102 valence electrons. The second-order valence-corrected chi connectivity index (χ2v) is 4.61. The summed E-state index contributed by atoms with van der Waals surface area (Å²) in [5.74, 6) is 0.672. The van der Waals surface area contributed by atoms with Crippen LogP contribution in [0.3, 0.4) is 0 Å². The van der Waals surface area contributed by atoms with E-state index in [1.54, 1.807) is 7.11 Å². The van der Waals surface area contributed by atoms with E-state index in [2.05, 4.69) is 0 Å². The lowest BCUT2D eigenvalue weighted by atomic mass is 9.87. The van der Waals surface area contributed by atoms with Crippen molar-refractivity contribution in [3.63, 3.8) is 0 Å². The van der Waals surface area contributed by atoms with Crippen LogP contribution < -0.4 is 4.74 Å². The van der Waals surface area contributed by atoms with Gasteiger partial charge in [-0.25, -0.2) is 4.79 Å². The van der Waals surface area contributed by atoms with Crippen LogP contribution in [0, 0.1) is 0 Å². The van der Waals surface area contributed by atoms with Gasteiger partial charge in [0.05, 0.1) is 13.7 Å². The van der Waals surface area contributed by atoms with Crippen molar-refractivity contribution in [2.24, 2.45) is 0 Å². The molecule has 0 N–H and O–H groups in total. The number of carbonyl (C=O) groups is 1. The summed E-state index contributed by atoms with van der Waals surface area (Å²) >= 11 is 0. The van der Waals surface area contributed by atoms with Crippen molar-refractivity contribution in [2.45, 2.75) is 32.6 Å². The minimum Gasteiger partial charge on any atom is -0.497 e. The third-order valence-electron chi connectivity index (χ3n) is 3.43. The molecule has 0 radical (unpaired) electrons. The Bertz CT molecular complexity index is 471. The van der Waals surface area contributed by atoms with Crippen molar-refractivity contribution in [2.75, 3.05) is 13.7 Å². The first-order valence-corrected chi connectivity index (χ1v) is 6.79. The molecule has 0 saturated heterocycles. The molecule has 0 bridgehead atoms. The predicted molar refractivity (Wildman–Crippen MR) is 75.0 cm³/mol. The Kier molecular flexibility index (Phi) is 4.61. The van der Waals surface area contributed by atoms with Gasteiger partial charge in [0.1, 0.15) is 5.75 Å². The molecule has 0 aromatic heterocycles. The molecule has 3 heteroatoms. The topological polar surface area (TPSA) is 35.5 Å². The van der Waals surface area contributed by atoms with Crippen LogP contribution in [0.1, 0.15) is 38.2 Å². The van der Waals surface area contributed by atoms with Crippen LogP contribution in [0.15, 0.2) is 29.8 Å². The zero-order valence-corrected chi connectivity index (χ0v) is 11.6. The lowest BCUT2D eigenvalue weighted by Crippen LogP contribution is -2.12. The number of ether oxygens (including phenoxy) is 2. The summed E-state index contributed by atoms with van der Waals surface area (Å²) in [6, 6.07) is 7.89. The van der Waals surface area contributed by atoms with Crippen LogP contribution in [-0.4, -0.2) is 19.7 Å². The van der Waals surface area contributed by atoms with Gasteiger partial charge in [0, 0.05) is 5.57 Å². The van der Waals surface area contributed by atoms with Gasteiger partial charge in [0.25, 0.3) is 0 Å². The number of carbonyl (C=O) groups excluding carboxylic acids is 1. The zero-order chi connectivity index (χ0) is 13.7. The molecule has 0 amide bonds. The third-order valence-corrected chi connectivity index (χ3v) is 3.43. The highest BCUT2D eigenvalue weighted by atomic mass is 16.5. The molecule has 0 unspecified atom stereocenters. The summed E-state index contributed by atoms with van der Waals surface area (Å²) in [5.41, 5.74) is 3.08. The van der Waals surface area contributed by atoms with E-state index in [0.29, 0.717) is 6.61 Å². The van der Waals surface area contributed by atoms with Crippen LogP contribution >= 0.6 is 0 Å². The Balaban J connectivity index is 2.33. The van der Waals surface area contributed by atoms with E-state index in [4.69, 9.17) is 9.47 Å². The minimum atomic E-state index is -0.159. The van der Waals surface area contributed by atoms with Gasteiger partial charge in [-0.15, -0.1) is 0 Å². The molecule has 0 fully saturated rings. The molecule has 0 spiro atoms. The van der Waals surface area contributed by atoms with Crippen molar-refractivity contribution in [1.29, 1.82) is 0 Å². The standard InChI is InChI=1S/C16H20O3/c1-3-19-16(17)15-7-5-4-6-14(15)12-8-10-13(18-2)11-9-12/h8-11H,3-7H2,1-2H3. The van der Waals surface area contributed by atoms with Crippen molar-refractivity contribution >= 4 is 11.5 Å². The van der Waals surface area contributed by atoms with Crippen LogP contribution in [0.2, 0.25) is 0 Å². The van der Waals surface area contributed by atoms with Gasteiger partial charge in [-0.2, -0.15) is 0 Å². The fourth-order valence-corrected chi connectivity index (χ4v) is 2.46. The van der Waals surface area contributed by atoms with Crippen molar-refractivity contribution in [1.82, 2.24) is 0 Å². The second-order valence-electron chi connectivity index (χ2n) is 4.61. The van der Waals surface area contributed by atoms with E-state index >= 15 is 0 Å². The molecule has 1 aliphatic carbocycles. The lowest BCUT2D eigenvalue weighted by Gasteiger charge is -2.19. The summed E-state index contributed by atoms with van der Waals surface area (Å²) in [4.78, 5) is 12.0. The van der Waals surface area contributed by atoms with Crippen LogP contribution in [0.4, 0.5) is 0 Å². The highest BCUT2D eigenvalue weighted by molar-refractivity contribution is 5.98. The maximum Gasteiger partial charge on any atom is 0.334 e. The van der Waals surface area contributed by atoms with Gasteiger partial charge in [0.15, 0.2) is 0 Å². The highest BCUT2D eigenvalue weighted by Crippen LogP contribution is 2.33. The van der Waals surface area contributed by atoms with Gasteiger partial charge in [0.2, 0.25) is 0 Å². The summed E-state index contributed by atoms with van der Waals surface area (Å²) in [5, 5.41) is 0. The molecule has 1 aliphatic rings. The molecular formula is C16H20O3. The number of esters is 1. The van der Waals surface area contributed by atoms with Crippen LogP contribution in [0.25, 0.3) is 5.57 Å². The molecule has 2 rings (SSSR count). The lowest BCUT2D eigenvalue weighted by molar-refractivity contribution is -0.138. The molecule has 0 aliphatic heterocycles. The SMILES string of the molecule is CCOC(=O)C1=C(c2ccc(OC)cc2)CCCC1. The minimum absolute atomic E-state index is 0.159. The van der Waals surface area contributed by atoms with Crippen LogP contribution in [0.5, 0.6) is 5.75 Å². The first-order chi connectivity index (χ1) is 9.26. The van der Waals surface area contributed by atoms with E-state index in [9.17, 15) is 4.79 Å². The first-order valence-electron chi connectivity index (χ1n) is 6.79. The number of hydrogen-bond acceptors (Lipinski definition) is 3. The molecule has 0 atom stereocenters. The highest BCUT2D eigenvalue weighted by Gasteiger charge is 2.21. The van der Waals surface area contributed by atoms with E-state index in [0.717, 1.165) is 48.1 Å². The molecule has 0 saturated carbocycles. The molecule has 3 nitrogen and oxygen atoms in total. The fraction of sp³-hybridized carbons (Fsp3) is 0.438. The molecule has 1 aromatic rings. The molecule has 1 aromatic carbocycles. The van der Waals surface area contributed by atoms with Gasteiger partial charge in [-0.1, -0.05) is 12.1 Å². The Morgan fingerprint density at radius 1 is 1.16 bits per heavy atom. The van der Waals surface area contributed by atoms with E-state index < -0.39 is 0 Å². The predicted octanol–water partition coefficient (Wildman–Crippen LogP) is 3.59. The van der Waals surface area contributed by atoms with E-state index in [1.807, 2.05) is 31.2 Å². The van der Waals surface area contributed by atoms with Gasteiger partial charge in [-0.05, 0) is 55.9 Å². The number of hydrogen-bond donors (Lipinski definition) is 0. The monoisotopic (exact) mass is 260 g/mol. The van der Waals surface area contributed by atoms with E-state index in [-0.39, 0.29) is 5.97 Å². The Morgan fingerprint density at radius 2 is 1.84 bits per heavy atom. The average Bonchev–Trinajstić information content (AvgIpc) is 2.47. The first kappa shape index (κ1) is 13.7. The maximum absolute atomic E-state index is 12.0. The van der Waals surface area contributed by atoms with E-state index in [1.165, 1.54) is 0 Å². The number of methoxy groups -OCH3 is 1. The third kappa shape index (κ3) is 3.16. The summed E-state index contributed by atoms with van der Waals surface area (Å²) < 4.78 is 10.3. The van der Waals surface area contributed by atoms with Gasteiger partial charge >= 0.3 is 5.97 Å². The summed E-state index contributed by atoms with van der Waals surface area (Å²) in [7, 11) is 1.65. The average molecular weight is 260 g/mol. The molecular weight excluding hydrogens is 240 g/mol. The maximum atomic E-state index is 12.0. The molecule has 19 heavy (non-hydrogen) atoms. The van der Waals surface area contributed by atoms with Crippen LogP contribution in [-0.2, 0) is 9.53 Å². The summed E-state index contributed by atoms with van der Waals surface area (Å²) in [6.07, 6.45) is 3.96. The van der Waals surface area contributed by atoms with Gasteiger partial charge < -0.3 is 9.47 Å². The quantitative estimate of drug-likeness (QED) is 0.776. The number of rotatable bonds is 4. The van der Waals surface area contributed by atoms with Crippen molar-refractivity contribution in [3.8, 4) is 5.75 Å². The Hall–Kier alpha value is -1.77. The Labute approximate surface area is 114 Å². The van der Waals surface area contributed by atoms with Gasteiger partial charge in [-0.3, -0.25) is 0 Å². The van der Waals surface area contributed by atoms with Crippen molar-refractivity contribution in [3.05, 3.63) is 35.4 Å². The normalized spacial score (nSPS) is 15.3. The zero-order valence-electron chi connectivity index (χ0n) is 11.6. The summed E-state index contributed by atoms with van der Waals surface area (Å²) in [6.45, 7) is 2.27. The number of benzene rings is 1. The largest absolute Gasteiger partial charge is 0.497 e. The Morgan fingerprint density at radius 3 is 2.47 bits per heavy atom. The second kappa shape index (κ2) is 6.41. The smallest absolute Gasteiger partial charge is 0.334 e. The fourth-order valence-electron chi connectivity index (χ4n) is 2.46. The molecule has 0 heterocycles.